The largest absolute Gasteiger partial charge is 0.290 e. The van der Waals surface area contributed by atoms with Gasteiger partial charge in [-0.1, -0.05) is 0 Å². The third kappa shape index (κ3) is 9.98. The van der Waals surface area contributed by atoms with E-state index in [0.29, 0.717) is 0 Å². The van der Waals surface area contributed by atoms with Crippen molar-refractivity contribution >= 4 is 39.7 Å². The third-order valence-electron chi connectivity index (χ3n) is 0.192. The molecule has 0 atom stereocenters. The molecule has 0 amide bonds. The molecule has 6 heteroatoms. The van der Waals surface area contributed by atoms with Gasteiger partial charge in [0.05, 0.1) is 13.4 Å². The molecular formula is C2H6NaO4S. The van der Waals surface area contributed by atoms with E-state index in [1.54, 1.807) is 0 Å². The first-order valence-electron chi connectivity index (χ1n) is 1.48. The first kappa shape index (κ1) is 11.6. The van der Waals surface area contributed by atoms with Crippen LogP contribution < -0.4 is 0 Å². The average Bonchev–Trinajstić information content (AvgIpc) is 1.30. The molecule has 0 unspecified atom stereocenters. The van der Waals surface area contributed by atoms with E-state index >= 15 is 0 Å². The maximum atomic E-state index is 9.88. The quantitative estimate of drug-likeness (QED) is 0.291. The van der Waals surface area contributed by atoms with E-state index in [1.807, 2.05) is 0 Å². The predicted molar refractivity (Wildman–Crippen MR) is 28.7 cm³/mol. The Bertz CT molecular complexity index is 127. The van der Waals surface area contributed by atoms with Gasteiger partial charge in [-0.2, -0.15) is 8.42 Å². The summed E-state index contributed by atoms with van der Waals surface area (Å²) in [5, 5.41) is 0. The molecule has 0 aromatic rings. The summed E-state index contributed by atoms with van der Waals surface area (Å²) in [6.07, 6.45) is 0.899. The van der Waals surface area contributed by atoms with Gasteiger partial charge in [0.15, 0.2) is 0 Å². The third-order valence-corrected chi connectivity index (χ3v) is 0.575. The van der Waals surface area contributed by atoms with Crippen LogP contribution in [0.1, 0.15) is 0 Å². The van der Waals surface area contributed by atoms with Gasteiger partial charge in [0.25, 0.3) is 10.1 Å². The standard InChI is InChI=1S/C2H6O4S.Na/c1-5-6-7(2,3)4;/h1-2H3;. The zero-order valence-corrected chi connectivity index (χ0v) is 7.86. The molecule has 0 aliphatic carbocycles. The average molecular weight is 149 g/mol. The van der Waals surface area contributed by atoms with Gasteiger partial charge in [-0.3, -0.25) is 0 Å². The van der Waals surface area contributed by atoms with Gasteiger partial charge in [0, 0.05) is 29.6 Å². The molecule has 0 saturated heterocycles. The van der Waals surface area contributed by atoms with E-state index in [9.17, 15) is 8.42 Å². The minimum atomic E-state index is -3.40. The monoisotopic (exact) mass is 149 g/mol. The van der Waals surface area contributed by atoms with E-state index in [2.05, 4.69) is 9.22 Å². The summed E-state index contributed by atoms with van der Waals surface area (Å²) in [6, 6.07) is 0. The van der Waals surface area contributed by atoms with Gasteiger partial charge in [-0.25, -0.2) is 4.89 Å². The molecule has 0 saturated carbocycles. The van der Waals surface area contributed by atoms with Crippen LogP contribution in [0.4, 0.5) is 0 Å². The molecule has 45 valence electrons. The summed E-state index contributed by atoms with van der Waals surface area (Å²) in [7, 11) is -2.27. The topological polar surface area (TPSA) is 52.6 Å². The van der Waals surface area contributed by atoms with Crippen molar-refractivity contribution in [3.05, 3.63) is 0 Å². The van der Waals surface area contributed by atoms with Crippen molar-refractivity contribution in [2.45, 2.75) is 0 Å². The number of hydrogen-bond acceptors (Lipinski definition) is 4. The molecule has 0 aromatic heterocycles. The maximum absolute atomic E-state index is 9.88. The molecule has 0 N–H and O–H groups in total. The molecule has 0 fully saturated rings. The molecule has 0 heterocycles. The summed E-state index contributed by atoms with van der Waals surface area (Å²) in [5.41, 5.74) is 0. The van der Waals surface area contributed by atoms with Crippen LogP contribution in [0.25, 0.3) is 0 Å². The van der Waals surface area contributed by atoms with Crippen LogP contribution in [0, 0.1) is 0 Å². The molecule has 1 radical (unpaired) electrons. The molecule has 4 nitrogen and oxygen atoms in total. The van der Waals surface area contributed by atoms with Gasteiger partial charge < -0.3 is 0 Å². The normalized spacial score (nSPS) is 10.2. The SMILES string of the molecule is COOS(C)(=O)=O.[Na]. The number of hydrogen-bond donors (Lipinski definition) is 0. The summed E-state index contributed by atoms with van der Waals surface area (Å²) < 4.78 is 23.5. The zero-order valence-electron chi connectivity index (χ0n) is 5.04. The maximum Gasteiger partial charge on any atom is 0.290 e. The fourth-order valence-corrected chi connectivity index (χ4v) is 0.371. The van der Waals surface area contributed by atoms with Crippen LogP contribution in [-0.2, 0) is 19.3 Å². The summed E-state index contributed by atoms with van der Waals surface area (Å²) in [6.45, 7) is 0. The Labute approximate surface area is 70.5 Å². The molecule has 0 aromatic carbocycles. The van der Waals surface area contributed by atoms with Gasteiger partial charge in [0.1, 0.15) is 0 Å². The van der Waals surface area contributed by atoms with Gasteiger partial charge >= 0.3 is 0 Å². The van der Waals surface area contributed by atoms with Crippen molar-refractivity contribution in [1.29, 1.82) is 0 Å². The van der Waals surface area contributed by atoms with Gasteiger partial charge in [-0.05, 0) is 0 Å². The number of rotatable bonds is 2. The van der Waals surface area contributed by atoms with Crippen molar-refractivity contribution in [1.82, 2.24) is 0 Å². The van der Waals surface area contributed by atoms with E-state index in [4.69, 9.17) is 0 Å². The molecule has 0 rings (SSSR count). The van der Waals surface area contributed by atoms with Crippen molar-refractivity contribution in [3.8, 4) is 0 Å². The Morgan fingerprint density at radius 3 is 1.75 bits per heavy atom. The molecular weight excluding hydrogens is 143 g/mol. The van der Waals surface area contributed by atoms with E-state index in [1.165, 1.54) is 0 Å². The minimum absolute atomic E-state index is 0. The van der Waals surface area contributed by atoms with Crippen molar-refractivity contribution < 1.29 is 17.6 Å². The van der Waals surface area contributed by atoms with Crippen molar-refractivity contribution in [2.75, 3.05) is 13.4 Å². The van der Waals surface area contributed by atoms with Crippen LogP contribution in [0.5, 0.6) is 0 Å². The molecule has 0 aliphatic heterocycles. The Kier molecular flexibility index (Phi) is 6.87. The van der Waals surface area contributed by atoms with Crippen molar-refractivity contribution in [2.24, 2.45) is 0 Å². The van der Waals surface area contributed by atoms with Crippen molar-refractivity contribution in [3.63, 3.8) is 0 Å². The van der Waals surface area contributed by atoms with E-state index in [0.717, 1.165) is 13.4 Å². The molecule has 0 bridgehead atoms. The van der Waals surface area contributed by atoms with E-state index in [-0.39, 0.29) is 29.6 Å². The molecule has 0 spiro atoms. The Morgan fingerprint density at radius 1 is 1.38 bits per heavy atom. The second-order valence-electron chi connectivity index (χ2n) is 0.939. The summed E-state index contributed by atoms with van der Waals surface area (Å²) in [4.78, 5) is 3.82. The smallest absolute Gasteiger partial charge is 0.223 e. The molecule has 8 heavy (non-hydrogen) atoms. The van der Waals surface area contributed by atoms with Crippen LogP contribution in [0.3, 0.4) is 0 Å². The minimum Gasteiger partial charge on any atom is -0.223 e. The fourth-order valence-electron chi connectivity index (χ4n) is 0.124. The van der Waals surface area contributed by atoms with Crippen LogP contribution in [-0.4, -0.2) is 51.3 Å². The first-order chi connectivity index (χ1) is 3.06. The van der Waals surface area contributed by atoms with Gasteiger partial charge in [0.2, 0.25) is 0 Å². The summed E-state index contributed by atoms with van der Waals surface area (Å²) in [5.74, 6) is 0. The Hall–Kier alpha value is 0.870. The zero-order chi connectivity index (χ0) is 5.91. The van der Waals surface area contributed by atoms with Crippen LogP contribution >= 0.6 is 0 Å². The second-order valence-corrected chi connectivity index (χ2v) is 2.48. The Morgan fingerprint density at radius 2 is 1.75 bits per heavy atom. The van der Waals surface area contributed by atoms with Crippen LogP contribution in [0.15, 0.2) is 0 Å². The first-order valence-corrected chi connectivity index (χ1v) is 3.30. The fraction of sp³-hybridized carbons (Fsp3) is 1.00. The molecule has 0 aliphatic rings. The Balaban J connectivity index is 0. The van der Waals surface area contributed by atoms with E-state index < -0.39 is 10.1 Å². The summed E-state index contributed by atoms with van der Waals surface area (Å²) >= 11 is 0. The second kappa shape index (κ2) is 4.72. The predicted octanol–water partition coefficient (Wildman–Crippen LogP) is -0.857. The van der Waals surface area contributed by atoms with Gasteiger partial charge in [-0.15, -0.1) is 4.33 Å². The van der Waals surface area contributed by atoms with Crippen LogP contribution in [0.2, 0.25) is 0 Å².